The highest BCUT2D eigenvalue weighted by Crippen LogP contribution is 2.29. The average Bonchev–Trinajstić information content (AvgIpc) is 2.91. The Balaban J connectivity index is 1.25. The number of benzene rings is 3. The first kappa shape index (κ1) is 28.1. The van der Waals surface area contributed by atoms with Gasteiger partial charge in [0.05, 0.1) is 10.5 Å². The summed E-state index contributed by atoms with van der Waals surface area (Å²) in [4.78, 5) is 12.4. The van der Waals surface area contributed by atoms with Gasteiger partial charge in [-0.05, 0) is 72.5 Å². The topological polar surface area (TPSA) is 78.5 Å². The molecule has 0 unspecified atom stereocenters. The molecule has 1 saturated heterocycles. The van der Waals surface area contributed by atoms with Crippen molar-refractivity contribution in [2.75, 3.05) is 13.1 Å². The molecule has 202 valence electrons. The molecule has 4 rings (SSSR count). The van der Waals surface area contributed by atoms with Crippen LogP contribution in [0.15, 0.2) is 77.7 Å². The summed E-state index contributed by atoms with van der Waals surface area (Å²) in [6.07, 6.45) is -3.18. The third-order valence-corrected chi connectivity index (χ3v) is 8.62. The van der Waals surface area contributed by atoms with Crippen molar-refractivity contribution in [2.24, 2.45) is 0 Å². The molecule has 38 heavy (non-hydrogen) atoms. The SMILES string of the molecule is O=C(NCc1ccc(S(=O)(=O)N2CCC(NCc3ccc(C(F)(F)F)cc3)CC2)cc1)c1ccc(Cl)cc1. The van der Waals surface area contributed by atoms with Crippen LogP contribution in [0.1, 0.15) is 39.9 Å². The van der Waals surface area contributed by atoms with Gasteiger partial charge in [0.15, 0.2) is 0 Å². The van der Waals surface area contributed by atoms with E-state index in [1.54, 1.807) is 36.4 Å². The predicted molar refractivity (Wildman–Crippen MR) is 139 cm³/mol. The van der Waals surface area contributed by atoms with Crippen LogP contribution < -0.4 is 10.6 Å². The van der Waals surface area contributed by atoms with E-state index < -0.39 is 21.8 Å². The molecule has 0 aliphatic carbocycles. The van der Waals surface area contributed by atoms with Crippen LogP contribution >= 0.6 is 11.6 Å². The van der Waals surface area contributed by atoms with Crippen molar-refractivity contribution < 1.29 is 26.4 Å². The second-order valence-corrected chi connectivity index (χ2v) is 11.5. The maximum absolute atomic E-state index is 13.1. The molecule has 0 radical (unpaired) electrons. The number of halogens is 4. The molecule has 0 atom stereocenters. The van der Waals surface area contributed by atoms with E-state index in [0.717, 1.165) is 23.3 Å². The summed E-state index contributed by atoms with van der Waals surface area (Å²) < 4.78 is 65.8. The second-order valence-electron chi connectivity index (χ2n) is 9.09. The molecule has 6 nitrogen and oxygen atoms in total. The van der Waals surface area contributed by atoms with Crippen LogP contribution in [0, 0.1) is 0 Å². The van der Waals surface area contributed by atoms with E-state index in [0.29, 0.717) is 43.1 Å². The van der Waals surface area contributed by atoms with E-state index in [2.05, 4.69) is 10.6 Å². The van der Waals surface area contributed by atoms with E-state index in [9.17, 15) is 26.4 Å². The molecule has 0 aromatic heterocycles. The van der Waals surface area contributed by atoms with Gasteiger partial charge in [-0.3, -0.25) is 4.79 Å². The van der Waals surface area contributed by atoms with Crippen LogP contribution in [0.3, 0.4) is 0 Å². The van der Waals surface area contributed by atoms with Crippen molar-refractivity contribution in [3.8, 4) is 0 Å². The number of carbonyl (C=O) groups is 1. The lowest BCUT2D eigenvalue weighted by Crippen LogP contribution is -2.44. The lowest BCUT2D eigenvalue weighted by Gasteiger charge is -2.31. The van der Waals surface area contributed by atoms with Crippen LogP contribution in [0.25, 0.3) is 0 Å². The Morgan fingerprint density at radius 3 is 2.00 bits per heavy atom. The van der Waals surface area contributed by atoms with Gasteiger partial charge in [0, 0.05) is 42.8 Å². The standard InChI is InChI=1S/C27H27ClF3N3O3S/c28-23-9-5-21(6-10-23)26(35)33-18-20-3-11-25(12-4-20)38(36,37)34-15-13-24(14-16-34)32-17-19-1-7-22(8-2-19)27(29,30)31/h1-12,24,32H,13-18H2,(H,33,35). The number of carbonyl (C=O) groups excluding carboxylic acids is 1. The number of nitrogens with zero attached hydrogens (tertiary/aromatic N) is 1. The van der Waals surface area contributed by atoms with E-state index in [1.807, 2.05) is 0 Å². The van der Waals surface area contributed by atoms with E-state index in [-0.39, 0.29) is 23.4 Å². The third kappa shape index (κ3) is 7.13. The Morgan fingerprint density at radius 1 is 0.868 bits per heavy atom. The zero-order valence-electron chi connectivity index (χ0n) is 20.3. The van der Waals surface area contributed by atoms with E-state index in [4.69, 9.17) is 11.6 Å². The molecule has 1 fully saturated rings. The number of hydrogen-bond acceptors (Lipinski definition) is 4. The second kappa shape index (κ2) is 11.9. The minimum Gasteiger partial charge on any atom is -0.348 e. The van der Waals surface area contributed by atoms with Crippen LogP contribution in [0.5, 0.6) is 0 Å². The van der Waals surface area contributed by atoms with Gasteiger partial charge in [0.1, 0.15) is 0 Å². The lowest BCUT2D eigenvalue weighted by molar-refractivity contribution is -0.137. The summed E-state index contributed by atoms with van der Waals surface area (Å²) in [5.74, 6) is -0.256. The van der Waals surface area contributed by atoms with Crippen LogP contribution in [-0.4, -0.2) is 37.8 Å². The quantitative estimate of drug-likeness (QED) is 0.392. The fourth-order valence-corrected chi connectivity index (χ4v) is 5.78. The summed E-state index contributed by atoms with van der Waals surface area (Å²) in [5, 5.41) is 6.64. The molecule has 0 bridgehead atoms. The maximum Gasteiger partial charge on any atom is 0.416 e. The Bertz CT molecular complexity index is 1340. The number of amides is 1. The Hall–Kier alpha value is -2.92. The highest BCUT2D eigenvalue weighted by molar-refractivity contribution is 7.89. The molecule has 2 N–H and O–H groups in total. The largest absolute Gasteiger partial charge is 0.416 e. The normalized spacial score (nSPS) is 15.4. The lowest BCUT2D eigenvalue weighted by atomic mass is 10.1. The van der Waals surface area contributed by atoms with Crippen molar-refractivity contribution >= 4 is 27.5 Å². The van der Waals surface area contributed by atoms with Gasteiger partial charge >= 0.3 is 6.18 Å². The molecule has 1 aliphatic heterocycles. The molecule has 1 amide bonds. The van der Waals surface area contributed by atoms with Crippen molar-refractivity contribution in [3.05, 3.63) is 100 Å². The Labute approximate surface area is 224 Å². The first-order chi connectivity index (χ1) is 18.0. The predicted octanol–water partition coefficient (Wildman–Crippen LogP) is 5.23. The zero-order chi connectivity index (χ0) is 27.3. The molecular formula is C27H27ClF3N3O3S. The zero-order valence-corrected chi connectivity index (χ0v) is 21.9. The van der Waals surface area contributed by atoms with Crippen molar-refractivity contribution in [3.63, 3.8) is 0 Å². The average molecular weight is 566 g/mol. The molecule has 0 spiro atoms. The van der Waals surface area contributed by atoms with Gasteiger partial charge in [-0.1, -0.05) is 35.9 Å². The first-order valence-electron chi connectivity index (χ1n) is 12.0. The van der Waals surface area contributed by atoms with Crippen LogP contribution in [-0.2, 0) is 29.3 Å². The van der Waals surface area contributed by atoms with Crippen molar-refractivity contribution in [1.29, 1.82) is 0 Å². The minimum atomic E-state index is -4.36. The van der Waals surface area contributed by atoms with Gasteiger partial charge in [0.2, 0.25) is 10.0 Å². The number of piperidine rings is 1. The first-order valence-corrected chi connectivity index (χ1v) is 13.9. The number of rotatable bonds is 8. The number of hydrogen-bond donors (Lipinski definition) is 2. The molecule has 1 aliphatic rings. The molecule has 3 aromatic carbocycles. The highest BCUT2D eigenvalue weighted by atomic mass is 35.5. The summed E-state index contributed by atoms with van der Waals surface area (Å²) in [6, 6.07) is 18.0. The number of nitrogens with one attached hydrogen (secondary N) is 2. The monoisotopic (exact) mass is 565 g/mol. The molecular weight excluding hydrogens is 539 g/mol. The van der Waals surface area contributed by atoms with Crippen molar-refractivity contribution in [2.45, 2.75) is 43.0 Å². The Morgan fingerprint density at radius 2 is 1.42 bits per heavy atom. The van der Waals surface area contributed by atoms with Gasteiger partial charge in [0.25, 0.3) is 5.91 Å². The van der Waals surface area contributed by atoms with Crippen LogP contribution in [0.2, 0.25) is 5.02 Å². The van der Waals surface area contributed by atoms with Gasteiger partial charge in [-0.15, -0.1) is 0 Å². The summed E-state index contributed by atoms with van der Waals surface area (Å²) >= 11 is 5.84. The molecule has 3 aromatic rings. The fraction of sp³-hybridized carbons (Fsp3) is 0.296. The summed E-state index contributed by atoms with van der Waals surface area (Å²) in [7, 11) is -3.67. The molecule has 0 saturated carbocycles. The smallest absolute Gasteiger partial charge is 0.348 e. The number of alkyl halides is 3. The van der Waals surface area contributed by atoms with E-state index >= 15 is 0 Å². The van der Waals surface area contributed by atoms with E-state index in [1.165, 1.54) is 28.6 Å². The molecule has 1 heterocycles. The van der Waals surface area contributed by atoms with Crippen LogP contribution in [0.4, 0.5) is 13.2 Å². The summed E-state index contributed by atoms with van der Waals surface area (Å²) in [6.45, 7) is 1.33. The fourth-order valence-electron chi connectivity index (χ4n) is 4.19. The summed E-state index contributed by atoms with van der Waals surface area (Å²) in [5.41, 5.74) is 1.29. The van der Waals surface area contributed by atoms with Gasteiger partial charge in [-0.2, -0.15) is 17.5 Å². The molecule has 11 heteroatoms. The van der Waals surface area contributed by atoms with Gasteiger partial charge in [-0.25, -0.2) is 8.42 Å². The third-order valence-electron chi connectivity index (χ3n) is 6.45. The maximum atomic E-state index is 13.1. The minimum absolute atomic E-state index is 0.0652. The van der Waals surface area contributed by atoms with Gasteiger partial charge < -0.3 is 10.6 Å². The van der Waals surface area contributed by atoms with Crippen molar-refractivity contribution in [1.82, 2.24) is 14.9 Å². The number of sulfonamides is 1. The Kier molecular flexibility index (Phi) is 8.77. The highest BCUT2D eigenvalue weighted by Gasteiger charge is 2.31.